The molecule has 1 aliphatic heterocycles. The van der Waals surface area contributed by atoms with Crippen LogP contribution in [0.15, 0.2) is 30.3 Å². The van der Waals surface area contributed by atoms with Gasteiger partial charge in [0.15, 0.2) is 5.78 Å². The van der Waals surface area contributed by atoms with Crippen molar-refractivity contribution in [1.29, 1.82) is 0 Å². The maximum atomic E-state index is 12.7. The molecule has 1 heterocycles. The van der Waals surface area contributed by atoms with Gasteiger partial charge in [0, 0.05) is 24.6 Å². The summed E-state index contributed by atoms with van der Waals surface area (Å²) in [6.07, 6.45) is 4.04. The number of ketones is 1. The SMILES string of the molecule is C[C@H](NC(N)=O)C(=O)N1CCCCC[C@@H]1CC(=O)c1ccccc1. The van der Waals surface area contributed by atoms with Gasteiger partial charge in [-0.15, -0.1) is 0 Å². The first-order valence-electron chi connectivity index (χ1n) is 8.43. The molecule has 1 aromatic rings. The Balaban J connectivity index is 2.10. The summed E-state index contributed by atoms with van der Waals surface area (Å²) in [5, 5.41) is 2.43. The summed E-state index contributed by atoms with van der Waals surface area (Å²) in [6, 6.07) is 7.59. The van der Waals surface area contributed by atoms with Crippen LogP contribution < -0.4 is 11.1 Å². The van der Waals surface area contributed by atoms with E-state index in [2.05, 4.69) is 5.32 Å². The fourth-order valence-electron chi connectivity index (χ4n) is 3.16. The molecule has 0 aliphatic carbocycles. The van der Waals surface area contributed by atoms with Gasteiger partial charge in [-0.1, -0.05) is 43.2 Å². The van der Waals surface area contributed by atoms with Crippen LogP contribution in [0.5, 0.6) is 0 Å². The first-order valence-corrected chi connectivity index (χ1v) is 8.43. The van der Waals surface area contributed by atoms with Crippen LogP contribution in [-0.2, 0) is 4.79 Å². The van der Waals surface area contributed by atoms with E-state index in [9.17, 15) is 14.4 Å². The predicted octanol–water partition coefficient (Wildman–Crippen LogP) is 2.09. The van der Waals surface area contributed by atoms with Gasteiger partial charge in [0.25, 0.3) is 0 Å². The van der Waals surface area contributed by atoms with Gasteiger partial charge >= 0.3 is 6.03 Å². The van der Waals surface area contributed by atoms with Crippen LogP contribution in [-0.4, -0.2) is 41.2 Å². The van der Waals surface area contributed by atoms with E-state index in [1.807, 2.05) is 18.2 Å². The number of primary amides is 1. The van der Waals surface area contributed by atoms with Crippen LogP contribution in [0.25, 0.3) is 0 Å². The third-order valence-electron chi connectivity index (χ3n) is 4.41. The molecule has 24 heavy (non-hydrogen) atoms. The third kappa shape index (κ3) is 4.81. The number of carbonyl (C=O) groups excluding carboxylic acids is 3. The van der Waals surface area contributed by atoms with Crippen molar-refractivity contribution in [2.45, 2.75) is 51.1 Å². The zero-order valence-electron chi connectivity index (χ0n) is 14.0. The van der Waals surface area contributed by atoms with E-state index in [1.165, 1.54) is 0 Å². The maximum Gasteiger partial charge on any atom is 0.312 e. The van der Waals surface area contributed by atoms with Crippen molar-refractivity contribution >= 4 is 17.7 Å². The highest BCUT2D eigenvalue weighted by Gasteiger charge is 2.30. The van der Waals surface area contributed by atoms with E-state index in [-0.39, 0.29) is 17.7 Å². The smallest absolute Gasteiger partial charge is 0.312 e. The van der Waals surface area contributed by atoms with Crippen LogP contribution in [0, 0.1) is 0 Å². The molecule has 0 saturated carbocycles. The molecule has 3 N–H and O–H groups in total. The molecule has 1 aliphatic rings. The molecule has 2 rings (SSSR count). The number of nitrogens with one attached hydrogen (secondary N) is 1. The second-order valence-electron chi connectivity index (χ2n) is 6.26. The van der Waals surface area contributed by atoms with Crippen LogP contribution in [0.4, 0.5) is 4.79 Å². The van der Waals surface area contributed by atoms with E-state index in [4.69, 9.17) is 5.73 Å². The first kappa shape index (κ1) is 18.0. The summed E-state index contributed by atoms with van der Waals surface area (Å²) in [7, 11) is 0. The van der Waals surface area contributed by atoms with Crippen molar-refractivity contribution in [1.82, 2.24) is 10.2 Å². The van der Waals surface area contributed by atoms with Crippen LogP contribution in [0.3, 0.4) is 0 Å². The Morgan fingerprint density at radius 1 is 1.21 bits per heavy atom. The van der Waals surface area contributed by atoms with Crippen molar-refractivity contribution in [2.75, 3.05) is 6.54 Å². The lowest BCUT2D eigenvalue weighted by atomic mass is 9.99. The van der Waals surface area contributed by atoms with Gasteiger partial charge in [-0.05, 0) is 19.8 Å². The normalized spacial score (nSPS) is 19.2. The van der Waals surface area contributed by atoms with Gasteiger partial charge in [-0.2, -0.15) is 0 Å². The standard InChI is InChI=1S/C18H25N3O3/c1-13(20-18(19)24)17(23)21-11-7-3-6-10-15(21)12-16(22)14-8-4-2-5-9-14/h2,4-5,8-9,13,15H,3,6-7,10-12H2,1H3,(H3,19,20,24)/t13-,15+/m0/s1. The number of rotatable bonds is 5. The molecular weight excluding hydrogens is 306 g/mol. The quantitative estimate of drug-likeness (QED) is 0.809. The zero-order valence-corrected chi connectivity index (χ0v) is 14.0. The van der Waals surface area contributed by atoms with Gasteiger partial charge in [0.2, 0.25) is 5.91 Å². The van der Waals surface area contributed by atoms with E-state index < -0.39 is 12.1 Å². The number of benzene rings is 1. The number of hydrogen-bond acceptors (Lipinski definition) is 3. The van der Waals surface area contributed by atoms with E-state index in [0.29, 0.717) is 18.5 Å². The fourth-order valence-corrected chi connectivity index (χ4v) is 3.16. The van der Waals surface area contributed by atoms with Crippen molar-refractivity contribution in [3.8, 4) is 0 Å². The summed E-state index contributed by atoms with van der Waals surface area (Å²) in [6.45, 7) is 2.23. The minimum atomic E-state index is -0.720. The molecule has 0 spiro atoms. The highest BCUT2D eigenvalue weighted by Crippen LogP contribution is 2.22. The molecule has 3 amide bonds. The highest BCUT2D eigenvalue weighted by atomic mass is 16.2. The van der Waals surface area contributed by atoms with Gasteiger partial charge in [-0.25, -0.2) is 4.79 Å². The number of hydrogen-bond donors (Lipinski definition) is 2. The zero-order chi connectivity index (χ0) is 17.5. The van der Waals surface area contributed by atoms with Crippen molar-refractivity contribution in [3.05, 3.63) is 35.9 Å². The van der Waals surface area contributed by atoms with E-state index >= 15 is 0 Å². The Hall–Kier alpha value is -2.37. The summed E-state index contributed by atoms with van der Waals surface area (Å²) in [5.74, 6) is -0.141. The second-order valence-corrected chi connectivity index (χ2v) is 6.26. The third-order valence-corrected chi connectivity index (χ3v) is 4.41. The van der Waals surface area contributed by atoms with Crippen molar-refractivity contribution in [2.24, 2.45) is 5.73 Å². The summed E-state index contributed by atoms with van der Waals surface area (Å²) >= 11 is 0. The lowest BCUT2D eigenvalue weighted by molar-refractivity contribution is -0.135. The van der Waals surface area contributed by atoms with Crippen molar-refractivity contribution in [3.63, 3.8) is 0 Å². The Labute approximate surface area is 142 Å². The topological polar surface area (TPSA) is 92.5 Å². The molecule has 1 fully saturated rings. The number of nitrogens with zero attached hydrogens (tertiary/aromatic N) is 1. The van der Waals surface area contributed by atoms with Crippen LogP contribution >= 0.6 is 0 Å². The van der Waals surface area contributed by atoms with E-state index in [1.54, 1.807) is 24.0 Å². The van der Waals surface area contributed by atoms with Crippen LogP contribution in [0.2, 0.25) is 0 Å². The number of nitrogens with two attached hydrogens (primary N) is 1. The number of Topliss-reactive ketones (excluding diaryl/α,β-unsaturated/α-hetero) is 1. The van der Waals surface area contributed by atoms with E-state index in [0.717, 1.165) is 25.7 Å². The predicted molar refractivity (Wildman–Crippen MR) is 91.5 cm³/mol. The van der Waals surface area contributed by atoms with Crippen molar-refractivity contribution < 1.29 is 14.4 Å². The van der Waals surface area contributed by atoms with Gasteiger partial charge in [0.05, 0.1) is 0 Å². The Kier molecular flexibility index (Phi) is 6.35. The van der Waals surface area contributed by atoms with Gasteiger partial charge < -0.3 is 16.0 Å². The summed E-state index contributed by atoms with van der Waals surface area (Å²) in [4.78, 5) is 37.9. The maximum absolute atomic E-state index is 12.7. The molecule has 1 aromatic carbocycles. The average molecular weight is 331 g/mol. The highest BCUT2D eigenvalue weighted by molar-refractivity contribution is 5.96. The average Bonchev–Trinajstić information content (AvgIpc) is 2.79. The Morgan fingerprint density at radius 3 is 2.58 bits per heavy atom. The van der Waals surface area contributed by atoms with Crippen LogP contribution in [0.1, 0.15) is 49.4 Å². The molecule has 2 atom stereocenters. The molecule has 0 bridgehead atoms. The molecule has 0 aromatic heterocycles. The molecule has 6 heteroatoms. The molecule has 1 saturated heterocycles. The minimum Gasteiger partial charge on any atom is -0.352 e. The molecule has 130 valence electrons. The second kappa shape index (κ2) is 8.47. The van der Waals surface area contributed by atoms with Gasteiger partial charge in [-0.3, -0.25) is 9.59 Å². The Bertz CT molecular complexity index is 588. The molecule has 6 nitrogen and oxygen atoms in total. The Morgan fingerprint density at radius 2 is 1.92 bits per heavy atom. The summed E-state index contributed by atoms with van der Waals surface area (Å²) < 4.78 is 0. The lowest BCUT2D eigenvalue weighted by Crippen LogP contribution is -2.52. The fraction of sp³-hybridized carbons (Fsp3) is 0.500. The molecular formula is C18H25N3O3. The number of likely N-dealkylation sites (tertiary alicyclic amines) is 1. The number of amides is 3. The first-order chi connectivity index (χ1) is 11.5. The number of urea groups is 1. The monoisotopic (exact) mass is 331 g/mol. The lowest BCUT2D eigenvalue weighted by Gasteiger charge is -2.32. The summed E-state index contributed by atoms with van der Waals surface area (Å²) in [5.41, 5.74) is 5.77. The minimum absolute atomic E-state index is 0.0378. The molecule has 0 unspecified atom stereocenters. The largest absolute Gasteiger partial charge is 0.352 e. The van der Waals surface area contributed by atoms with Gasteiger partial charge in [0.1, 0.15) is 6.04 Å². The molecule has 0 radical (unpaired) electrons. The number of carbonyl (C=O) groups is 3.